The highest BCUT2D eigenvalue weighted by Gasteiger charge is 2.06. The topological polar surface area (TPSA) is 93.1 Å². The number of anilines is 2. The molecule has 0 amide bonds. The fraction of sp³-hybridized carbons (Fsp3) is 0.0714. The van der Waals surface area contributed by atoms with Crippen molar-refractivity contribution < 1.29 is 9.66 Å². The summed E-state index contributed by atoms with van der Waals surface area (Å²) in [4.78, 5) is 17.7. The first-order valence-electron chi connectivity index (χ1n) is 6.21. The predicted octanol–water partition coefficient (Wildman–Crippen LogP) is 3.22. The normalized spacial score (nSPS) is 10.5. The van der Waals surface area contributed by atoms with Crippen LogP contribution >= 0.6 is 0 Å². The van der Waals surface area contributed by atoms with Crippen molar-refractivity contribution in [2.24, 2.45) is 0 Å². The van der Waals surface area contributed by atoms with Crippen LogP contribution in [0.3, 0.4) is 0 Å². The number of nitrogens with one attached hydrogen (secondary N) is 2. The number of non-ortho nitro benzene ring substituents is 1. The summed E-state index contributed by atoms with van der Waals surface area (Å²) in [5, 5.41) is 13.7. The maximum atomic E-state index is 10.6. The van der Waals surface area contributed by atoms with Crippen LogP contribution in [0.25, 0.3) is 11.0 Å². The number of H-pyrrole nitrogens is 1. The fourth-order valence-corrected chi connectivity index (χ4v) is 1.98. The van der Waals surface area contributed by atoms with Crippen LogP contribution in [0.2, 0.25) is 0 Å². The van der Waals surface area contributed by atoms with Gasteiger partial charge in [0.05, 0.1) is 23.1 Å². The van der Waals surface area contributed by atoms with Gasteiger partial charge in [0.15, 0.2) is 0 Å². The van der Waals surface area contributed by atoms with Crippen molar-refractivity contribution in [3.8, 4) is 5.75 Å². The molecule has 0 spiro atoms. The second kappa shape index (κ2) is 5.12. The summed E-state index contributed by atoms with van der Waals surface area (Å²) in [6.45, 7) is 0. The maximum absolute atomic E-state index is 10.6. The van der Waals surface area contributed by atoms with Gasteiger partial charge in [-0.1, -0.05) is 0 Å². The Kier molecular flexibility index (Phi) is 3.15. The SMILES string of the molecule is COc1ccc2nc(Nc3ccc([N+](=O)[O-])cc3)[nH]c2c1. The molecule has 0 saturated heterocycles. The van der Waals surface area contributed by atoms with Crippen molar-refractivity contribution >= 4 is 28.4 Å². The van der Waals surface area contributed by atoms with Crippen LogP contribution in [-0.4, -0.2) is 22.0 Å². The molecule has 0 fully saturated rings. The zero-order valence-electron chi connectivity index (χ0n) is 11.2. The van der Waals surface area contributed by atoms with Gasteiger partial charge >= 0.3 is 0 Å². The van der Waals surface area contributed by atoms with E-state index in [9.17, 15) is 10.1 Å². The molecular formula is C14H12N4O3. The number of methoxy groups -OCH3 is 1. The maximum Gasteiger partial charge on any atom is 0.269 e. The molecule has 2 N–H and O–H groups in total. The third-order valence-corrected chi connectivity index (χ3v) is 3.03. The van der Waals surface area contributed by atoms with Crippen molar-refractivity contribution in [3.05, 3.63) is 52.6 Å². The summed E-state index contributed by atoms with van der Waals surface area (Å²) in [6, 6.07) is 11.7. The van der Waals surface area contributed by atoms with E-state index in [0.717, 1.165) is 16.8 Å². The van der Waals surface area contributed by atoms with Crippen LogP contribution in [-0.2, 0) is 0 Å². The number of nitro benzene ring substituents is 1. The Morgan fingerprint density at radius 1 is 1.24 bits per heavy atom. The van der Waals surface area contributed by atoms with E-state index in [0.29, 0.717) is 11.6 Å². The fourth-order valence-electron chi connectivity index (χ4n) is 1.98. The number of imidazole rings is 1. The smallest absolute Gasteiger partial charge is 0.269 e. The first kappa shape index (κ1) is 12.9. The average molecular weight is 284 g/mol. The van der Waals surface area contributed by atoms with Gasteiger partial charge < -0.3 is 15.0 Å². The molecule has 0 aliphatic carbocycles. The Hall–Kier alpha value is -3.09. The van der Waals surface area contributed by atoms with E-state index in [1.807, 2.05) is 18.2 Å². The van der Waals surface area contributed by atoms with Crippen molar-refractivity contribution in [3.63, 3.8) is 0 Å². The molecule has 3 aromatic rings. The van der Waals surface area contributed by atoms with E-state index in [4.69, 9.17) is 4.74 Å². The molecule has 7 heteroatoms. The minimum Gasteiger partial charge on any atom is -0.497 e. The lowest BCUT2D eigenvalue weighted by Crippen LogP contribution is -1.93. The number of ether oxygens (including phenoxy) is 1. The lowest BCUT2D eigenvalue weighted by Gasteiger charge is -2.01. The van der Waals surface area contributed by atoms with Gasteiger partial charge in [-0.15, -0.1) is 0 Å². The van der Waals surface area contributed by atoms with Crippen LogP contribution in [0.4, 0.5) is 17.3 Å². The monoisotopic (exact) mass is 284 g/mol. The van der Waals surface area contributed by atoms with Gasteiger partial charge in [0.25, 0.3) is 5.69 Å². The molecule has 106 valence electrons. The zero-order valence-corrected chi connectivity index (χ0v) is 11.2. The Morgan fingerprint density at radius 2 is 2.00 bits per heavy atom. The summed E-state index contributed by atoms with van der Waals surface area (Å²) in [6.07, 6.45) is 0. The van der Waals surface area contributed by atoms with E-state index in [1.165, 1.54) is 12.1 Å². The Balaban J connectivity index is 1.85. The van der Waals surface area contributed by atoms with Crippen LogP contribution in [0, 0.1) is 10.1 Å². The summed E-state index contributed by atoms with van der Waals surface area (Å²) >= 11 is 0. The Labute approximate surface area is 119 Å². The summed E-state index contributed by atoms with van der Waals surface area (Å²) < 4.78 is 5.15. The second-order valence-corrected chi connectivity index (χ2v) is 4.40. The number of fused-ring (bicyclic) bond motifs is 1. The molecule has 1 aromatic heterocycles. The average Bonchev–Trinajstić information content (AvgIpc) is 2.88. The van der Waals surface area contributed by atoms with Gasteiger partial charge in [0, 0.05) is 23.9 Å². The minimum atomic E-state index is -0.433. The number of nitrogens with zero attached hydrogens (tertiary/aromatic N) is 2. The van der Waals surface area contributed by atoms with Crippen LogP contribution in [0.15, 0.2) is 42.5 Å². The molecule has 3 rings (SSSR count). The van der Waals surface area contributed by atoms with E-state index in [-0.39, 0.29) is 5.69 Å². The van der Waals surface area contributed by atoms with Crippen molar-refractivity contribution in [1.29, 1.82) is 0 Å². The standard InChI is InChI=1S/C14H12N4O3/c1-21-11-6-7-12-13(8-11)17-14(16-12)15-9-2-4-10(5-3-9)18(19)20/h2-8H,1H3,(H2,15,16,17). The van der Waals surface area contributed by atoms with E-state index >= 15 is 0 Å². The van der Waals surface area contributed by atoms with Crippen LogP contribution in [0.1, 0.15) is 0 Å². The van der Waals surface area contributed by atoms with E-state index in [1.54, 1.807) is 19.2 Å². The minimum absolute atomic E-state index is 0.0508. The summed E-state index contributed by atoms with van der Waals surface area (Å²) in [7, 11) is 1.60. The van der Waals surface area contributed by atoms with Crippen LogP contribution < -0.4 is 10.1 Å². The molecule has 0 aliphatic heterocycles. The van der Waals surface area contributed by atoms with Gasteiger partial charge in [-0.2, -0.15) is 0 Å². The highest BCUT2D eigenvalue weighted by atomic mass is 16.6. The molecule has 0 aliphatic rings. The number of nitro groups is 1. The number of rotatable bonds is 4. The molecule has 0 saturated carbocycles. The largest absolute Gasteiger partial charge is 0.497 e. The number of hydrogen-bond donors (Lipinski definition) is 2. The quantitative estimate of drug-likeness (QED) is 0.566. The van der Waals surface area contributed by atoms with Gasteiger partial charge in [-0.25, -0.2) is 4.98 Å². The first-order chi connectivity index (χ1) is 10.2. The third kappa shape index (κ3) is 2.62. The molecule has 0 bridgehead atoms. The van der Waals surface area contributed by atoms with Crippen molar-refractivity contribution in [2.45, 2.75) is 0 Å². The van der Waals surface area contributed by atoms with E-state index in [2.05, 4.69) is 15.3 Å². The zero-order chi connectivity index (χ0) is 14.8. The lowest BCUT2D eigenvalue weighted by molar-refractivity contribution is -0.384. The number of benzene rings is 2. The molecule has 0 atom stereocenters. The van der Waals surface area contributed by atoms with Gasteiger partial charge in [0.2, 0.25) is 5.95 Å². The molecule has 2 aromatic carbocycles. The summed E-state index contributed by atoms with van der Waals surface area (Å²) in [5.41, 5.74) is 2.42. The molecule has 0 radical (unpaired) electrons. The molecule has 0 unspecified atom stereocenters. The number of aromatic amines is 1. The van der Waals surface area contributed by atoms with Crippen molar-refractivity contribution in [1.82, 2.24) is 9.97 Å². The number of aromatic nitrogens is 2. The molecule has 7 nitrogen and oxygen atoms in total. The Morgan fingerprint density at radius 3 is 2.67 bits per heavy atom. The lowest BCUT2D eigenvalue weighted by atomic mass is 10.3. The van der Waals surface area contributed by atoms with Gasteiger partial charge in [-0.05, 0) is 24.3 Å². The molecule has 21 heavy (non-hydrogen) atoms. The first-order valence-corrected chi connectivity index (χ1v) is 6.21. The highest BCUT2D eigenvalue weighted by Crippen LogP contribution is 2.23. The Bertz CT molecular complexity index is 796. The van der Waals surface area contributed by atoms with E-state index < -0.39 is 4.92 Å². The van der Waals surface area contributed by atoms with Gasteiger partial charge in [-0.3, -0.25) is 10.1 Å². The molecule has 1 heterocycles. The van der Waals surface area contributed by atoms with Crippen molar-refractivity contribution in [2.75, 3.05) is 12.4 Å². The van der Waals surface area contributed by atoms with Gasteiger partial charge in [0.1, 0.15) is 5.75 Å². The third-order valence-electron chi connectivity index (χ3n) is 3.03. The van der Waals surface area contributed by atoms with Crippen LogP contribution in [0.5, 0.6) is 5.75 Å². The highest BCUT2D eigenvalue weighted by molar-refractivity contribution is 5.79. The molecular weight excluding hydrogens is 272 g/mol. The predicted molar refractivity (Wildman–Crippen MR) is 79.0 cm³/mol. The second-order valence-electron chi connectivity index (χ2n) is 4.40. The summed E-state index contributed by atoms with van der Waals surface area (Å²) in [5.74, 6) is 1.31. The number of hydrogen-bond acceptors (Lipinski definition) is 5.